The predicted molar refractivity (Wildman–Crippen MR) is 115 cm³/mol. The zero-order valence-electron chi connectivity index (χ0n) is 17.4. The van der Waals surface area contributed by atoms with Crippen molar-refractivity contribution in [3.05, 3.63) is 76.7 Å². The standard InChI is InChI=1S/C24H18FN3O4/c1-13-21-18(12-19(26-22(21)32-27-13)14-3-6-17(25)7-4-14)23(29)28-10-9-15-11-16(24(30)31-2)5-8-20(15)28/h3-8,11-12H,9-10H2,1-2H3. The number of anilines is 1. The molecule has 7 nitrogen and oxygen atoms in total. The average Bonchev–Trinajstić information content (AvgIpc) is 3.41. The lowest BCUT2D eigenvalue weighted by atomic mass is 10.0. The number of pyridine rings is 1. The van der Waals surface area contributed by atoms with Crippen molar-refractivity contribution in [1.82, 2.24) is 10.1 Å². The number of hydrogen-bond donors (Lipinski definition) is 0. The maximum Gasteiger partial charge on any atom is 0.337 e. The quantitative estimate of drug-likeness (QED) is 0.449. The summed E-state index contributed by atoms with van der Waals surface area (Å²) in [4.78, 5) is 31.7. The van der Waals surface area contributed by atoms with Crippen molar-refractivity contribution >= 4 is 28.7 Å². The highest BCUT2D eigenvalue weighted by molar-refractivity contribution is 6.15. The number of fused-ring (bicyclic) bond motifs is 2. The second kappa shape index (κ2) is 7.56. The topological polar surface area (TPSA) is 85.5 Å². The van der Waals surface area contributed by atoms with Crippen LogP contribution >= 0.6 is 0 Å². The predicted octanol–water partition coefficient (Wildman–Crippen LogP) is 4.33. The molecule has 1 aliphatic heterocycles. The smallest absolute Gasteiger partial charge is 0.337 e. The summed E-state index contributed by atoms with van der Waals surface area (Å²) in [6, 6.07) is 12.7. The van der Waals surface area contributed by atoms with Gasteiger partial charge >= 0.3 is 5.97 Å². The summed E-state index contributed by atoms with van der Waals surface area (Å²) >= 11 is 0. The first-order chi connectivity index (χ1) is 15.5. The number of benzene rings is 2. The molecule has 2 aromatic carbocycles. The SMILES string of the molecule is COC(=O)c1ccc2c(c1)CCN2C(=O)c1cc(-c2ccc(F)cc2)nc2onc(C)c12. The number of aromatic nitrogens is 2. The Hall–Kier alpha value is -4.07. The van der Waals surface area contributed by atoms with E-state index in [1.807, 2.05) is 0 Å². The number of rotatable bonds is 3. The minimum Gasteiger partial charge on any atom is -0.465 e. The van der Waals surface area contributed by atoms with Gasteiger partial charge in [-0.25, -0.2) is 14.2 Å². The summed E-state index contributed by atoms with van der Waals surface area (Å²) in [5, 5.41) is 4.52. The second-order valence-corrected chi connectivity index (χ2v) is 7.55. The molecule has 32 heavy (non-hydrogen) atoms. The van der Waals surface area contributed by atoms with Crippen LogP contribution in [0.5, 0.6) is 0 Å². The van der Waals surface area contributed by atoms with Crippen LogP contribution in [0.4, 0.5) is 10.1 Å². The van der Waals surface area contributed by atoms with Crippen LogP contribution in [0.25, 0.3) is 22.4 Å². The number of hydrogen-bond acceptors (Lipinski definition) is 6. The van der Waals surface area contributed by atoms with Crippen LogP contribution in [0.3, 0.4) is 0 Å². The van der Waals surface area contributed by atoms with Gasteiger partial charge in [-0.1, -0.05) is 5.16 Å². The molecule has 0 saturated heterocycles. The van der Waals surface area contributed by atoms with Crippen molar-refractivity contribution in [2.24, 2.45) is 0 Å². The third kappa shape index (κ3) is 3.20. The first-order valence-electron chi connectivity index (χ1n) is 10.0. The molecular formula is C24H18FN3O4. The largest absolute Gasteiger partial charge is 0.465 e. The Morgan fingerprint density at radius 1 is 1.12 bits per heavy atom. The van der Waals surface area contributed by atoms with E-state index < -0.39 is 5.97 Å². The van der Waals surface area contributed by atoms with Crippen LogP contribution in [0.2, 0.25) is 0 Å². The lowest BCUT2D eigenvalue weighted by Crippen LogP contribution is -2.29. The molecule has 1 amide bonds. The Morgan fingerprint density at radius 2 is 1.91 bits per heavy atom. The van der Waals surface area contributed by atoms with Crippen molar-refractivity contribution < 1.29 is 23.2 Å². The molecule has 0 fully saturated rings. The molecule has 5 rings (SSSR count). The zero-order chi connectivity index (χ0) is 22.4. The van der Waals surface area contributed by atoms with E-state index in [4.69, 9.17) is 9.26 Å². The van der Waals surface area contributed by atoms with Gasteiger partial charge in [-0.3, -0.25) is 4.79 Å². The highest BCUT2D eigenvalue weighted by Crippen LogP contribution is 2.33. The van der Waals surface area contributed by atoms with Gasteiger partial charge in [0.2, 0.25) is 0 Å². The van der Waals surface area contributed by atoms with Gasteiger partial charge < -0.3 is 14.2 Å². The monoisotopic (exact) mass is 431 g/mol. The van der Waals surface area contributed by atoms with Crippen molar-refractivity contribution in [2.75, 3.05) is 18.6 Å². The van der Waals surface area contributed by atoms with Gasteiger partial charge in [0.15, 0.2) is 0 Å². The molecule has 0 aliphatic carbocycles. The summed E-state index contributed by atoms with van der Waals surface area (Å²) in [5.74, 6) is -1.00. The second-order valence-electron chi connectivity index (χ2n) is 7.55. The lowest BCUT2D eigenvalue weighted by Gasteiger charge is -2.18. The number of carbonyl (C=O) groups is 2. The van der Waals surface area contributed by atoms with Gasteiger partial charge in [0.05, 0.1) is 35.0 Å². The van der Waals surface area contributed by atoms with Gasteiger partial charge in [-0.2, -0.15) is 0 Å². The summed E-state index contributed by atoms with van der Waals surface area (Å²) < 4.78 is 23.5. The summed E-state index contributed by atoms with van der Waals surface area (Å²) in [6.07, 6.45) is 0.619. The molecule has 0 spiro atoms. The van der Waals surface area contributed by atoms with Gasteiger partial charge in [0, 0.05) is 17.8 Å². The van der Waals surface area contributed by atoms with Crippen molar-refractivity contribution in [2.45, 2.75) is 13.3 Å². The van der Waals surface area contributed by atoms with E-state index in [-0.39, 0.29) is 17.4 Å². The van der Waals surface area contributed by atoms with E-state index in [0.717, 1.165) is 11.3 Å². The molecule has 2 aromatic heterocycles. The fraction of sp³-hybridized carbons (Fsp3) is 0.167. The Balaban J connectivity index is 1.59. The molecule has 4 aromatic rings. The molecule has 0 atom stereocenters. The molecule has 0 radical (unpaired) electrons. The average molecular weight is 431 g/mol. The van der Waals surface area contributed by atoms with Gasteiger partial charge in [0.1, 0.15) is 5.82 Å². The fourth-order valence-electron chi connectivity index (χ4n) is 4.03. The normalized spacial score (nSPS) is 12.8. The van der Waals surface area contributed by atoms with Crippen LogP contribution < -0.4 is 4.90 Å². The van der Waals surface area contributed by atoms with E-state index >= 15 is 0 Å². The van der Waals surface area contributed by atoms with Crippen molar-refractivity contribution in [3.63, 3.8) is 0 Å². The Bertz CT molecular complexity index is 1380. The Morgan fingerprint density at radius 3 is 2.66 bits per heavy atom. The molecule has 3 heterocycles. The third-order valence-corrected chi connectivity index (χ3v) is 5.63. The molecule has 0 saturated carbocycles. The van der Waals surface area contributed by atoms with Crippen molar-refractivity contribution in [3.8, 4) is 11.3 Å². The molecular weight excluding hydrogens is 413 g/mol. The molecule has 8 heteroatoms. The number of carbonyl (C=O) groups excluding carboxylic acids is 2. The summed E-state index contributed by atoms with van der Waals surface area (Å²) in [5.41, 5.74) is 4.42. The number of esters is 1. The van der Waals surface area contributed by atoms with Crippen LogP contribution in [-0.4, -0.2) is 35.7 Å². The summed E-state index contributed by atoms with van der Waals surface area (Å²) in [6.45, 7) is 2.22. The van der Waals surface area contributed by atoms with Crippen LogP contribution in [0, 0.1) is 12.7 Å². The first kappa shape index (κ1) is 19.9. The Labute approximate surface area is 182 Å². The van der Waals surface area contributed by atoms with Gasteiger partial charge in [-0.05, 0) is 67.4 Å². The fourth-order valence-corrected chi connectivity index (χ4v) is 4.03. The van der Waals surface area contributed by atoms with Crippen LogP contribution in [-0.2, 0) is 11.2 Å². The third-order valence-electron chi connectivity index (χ3n) is 5.63. The highest BCUT2D eigenvalue weighted by Gasteiger charge is 2.29. The Kier molecular flexibility index (Phi) is 4.70. The first-order valence-corrected chi connectivity index (χ1v) is 10.0. The van der Waals surface area contributed by atoms with E-state index in [0.29, 0.717) is 46.4 Å². The molecule has 0 unspecified atom stereocenters. The number of nitrogens with zero attached hydrogens (tertiary/aromatic N) is 3. The summed E-state index contributed by atoms with van der Waals surface area (Å²) in [7, 11) is 1.33. The number of amides is 1. The molecule has 0 bridgehead atoms. The lowest BCUT2D eigenvalue weighted by molar-refractivity contribution is 0.0600. The minimum atomic E-state index is -0.419. The maximum absolute atomic E-state index is 13.7. The van der Waals surface area contributed by atoms with E-state index in [1.165, 1.54) is 19.2 Å². The number of halogens is 1. The van der Waals surface area contributed by atoms with E-state index in [9.17, 15) is 14.0 Å². The minimum absolute atomic E-state index is 0.225. The van der Waals surface area contributed by atoms with Crippen LogP contribution in [0.15, 0.2) is 53.1 Å². The number of methoxy groups -OCH3 is 1. The zero-order valence-corrected chi connectivity index (χ0v) is 17.4. The van der Waals surface area contributed by atoms with Gasteiger partial charge in [0.25, 0.3) is 11.6 Å². The number of ether oxygens (including phenoxy) is 1. The molecule has 0 N–H and O–H groups in total. The van der Waals surface area contributed by atoms with E-state index in [2.05, 4.69) is 10.1 Å². The van der Waals surface area contributed by atoms with Gasteiger partial charge in [-0.15, -0.1) is 0 Å². The molecule has 160 valence electrons. The number of aryl methyl sites for hydroxylation is 1. The van der Waals surface area contributed by atoms with Crippen molar-refractivity contribution in [1.29, 1.82) is 0 Å². The van der Waals surface area contributed by atoms with E-state index in [1.54, 1.807) is 48.2 Å². The molecule has 1 aliphatic rings. The highest BCUT2D eigenvalue weighted by atomic mass is 19.1. The van der Waals surface area contributed by atoms with Crippen LogP contribution in [0.1, 0.15) is 32.0 Å². The maximum atomic E-state index is 13.7.